The lowest BCUT2D eigenvalue weighted by molar-refractivity contribution is -0.148. The molecule has 0 amide bonds. The number of hydrogen-bond donors (Lipinski definition) is 1. The lowest BCUT2D eigenvalue weighted by Crippen LogP contribution is -2.41. The van der Waals surface area contributed by atoms with Gasteiger partial charge in [-0.05, 0) is 44.0 Å². The van der Waals surface area contributed by atoms with Crippen LogP contribution < -0.4 is 5.32 Å². The second-order valence-corrected chi connectivity index (χ2v) is 5.26. The highest BCUT2D eigenvalue weighted by Gasteiger charge is 2.32. The van der Waals surface area contributed by atoms with E-state index in [1.807, 2.05) is 6.07 Å². The number of rotatable bonds is 4. The topological polar surface area (TPSA) is 52.0 Å². The zero-order chi connectivity index (χ0) is 15.3. The number of alkyl halides is 3. The Morgan fingerprint density at radius 3 is 2.57 bits per heavy atom. The molecule has 0 unspecified atom stereocenters. The molecule has 1 saturated heterocycles. The van der Waals surface area contributed by atoms with Gasteiger partial charge in [0, 0.05) is 6.54 Å². The van der Waals surface area contributed by atoms with Crippen LogP contribution >= 0.6 is 0 Å². The molecule has 0 radical (unpaired) electrons. The molecule has 1 fully saturated rings. The van der Waals surface area contributed by atoms with E-state index < -0.39 is 12.7 Å². The summed E-state index contributed by atoms with van der Waals surface area (Å²) in [7, 11) is 0. The van der Waals surface area contributed by atoms with Gasteiger partial charge in [-0.1, -0.05) is 0 Å². The van der Waals surface area contributed by atoms with Crippen LogP contribution in [0.15, 0.2) is 18.3 Å². The quantitative estimate of drug-likeness (QED) is 0.928. The molecule has 0 bridgehead atoms. The molecule has 0 spiro atoms. The molecule has 0 aromatic carbocycles. The van der Waals surface area contributed by atoms with Gasteiger partial charge in [-0.3, -0.25) is 4.90 Å². The van der Waals surface area contributed by atoms with Crippen LogP contribution in [-0.4, -0.2) is 42.2 Å². The first kappa shape index (κ1) is 15.6. The molecule has 1 aliphatic heterocycles. The van der Waals surface area contributed by atoms with Gasteiger partial charge in [-0.2, -0.15) is 18.4 Å². The van der Waals surface area contributed by atoms with Crippen LogP contribution in [0.5, 0.6) is 0 Å². The lowest BCUT2D eigenvalue weighted by atomic mass is 9.96. The molecule has 0 saturated carbocycles. The smallest absolute Gasteiger partial charge is 0.384 e. The Labute approximate surface area is 121 Å². The van der Waals surface area contributed by atoms with E-state index in [-0.39, 0.29) is 0 Å². The van der Waals surface area contributed by atoms with Crippen molar-refractivity contribution in [2.45, 2.75) is 19.0 Å². The first-order valence-electron chi connectivity index (χ1n) is 6.85. The Morgan fingerprint density at radius 1 is 1.33 bits per heavy atom. The molecule has 114 valence electrons. The van der Waals surface area contributed by atoms with E-state index in [1.165, 1.54) is 4.90 Å². The summed E-state index contributed by atoms with van der Waals surface area (Å²) in [5.41, 5.74) is 1.19. The van der Waals surface area contributed by atoms with Crippen molar-refractivity contribution in [1.29, 1.82) is 5.26 Å². The third kappa shape index (κ3) is 5.23. The van der Waals surface area contributed by atoms with Crippen molar-refractivity contribution in [1.82, 2.24) is 9.88 Å². The van der Waals surface area contributed by atoms with Crippen LogP contribution in [0.3, 0.4) is 0 Å². The van der Waals surface area contributed by atoms with Gasteiger partial charge in [0.1, 0.15) is 11.8 Å². The Bertz CT molecular complexity index is 484. The summed E-state index contributed by atoms with van der Waals surface area (Å²) in [6, 6.07) is 5.36. The van der Waals surface area contributed by atoms with Gasteiger partial charge in [0.25, 0.3) is 0 Å². The summed E-state index contributed by atoms with van der Waals surface area (Å²) in [6.45, 7) is 0.870. The second kappa shape index (κ2) is 6.76. The van der Waals surface area contributed by atoms with Crippen LogP contribution in [-0.2, 0) is 0 Å². The predicted molar refractivity (Wildman–Crippen MR) is 72.7 cm³/mol. The standard InChI is InChI=1S/C14H17F3N4/c15-14(16,17)10-21-5-3-11(4-6-21)8-19-13-2-1-12(7-18)20-9-13/h1-2,9,11,19H,3-6,8,10H2. The zero-order valence-corrected chi connectivity index (χ0v) is 11.5. The number of halogens is 3. The van der Waals surface area contributed by atoms with Crippen molar-refractivity contribution in [3.63, 3.8) is 0 Å². The van der Waals surface area contributed by atoms with Crippen LogP contribution in [0.1, 0.15) is 18.5 Å². The van der Waals surface area contributed by atoms with E-state index in [1.54, 1.807) is 18.3 Å². The van der Waals surface area contributed by atoms with Gasteiger partial charge in [-0.25, -0.2) is 4.98 Å². The van der Waals surface area contributed by atoms with E-state index in [0.29, 0.717) is 31.2 Å². The molecule has 2 heterocycles. The minimum atomic E-state index is -4.11. The van der Waals surface area contributed by atoms with Gasteiger partial charge in [0.15, 0.2) is 0 Å². The Balaban J connectivity index is 1.72. The molecular formula is C14H17F3N4. The number of likely N-dealkylation sites (tertiary alicyclic amines) is 1. The second-order valence-electron chi connectivity index (χ2n) is 5.26. The maximum Gasteiger partial charge on any atom is 0.401 e. The Morgan fingerprint density at radius 2 is 2.05 bits per heavy atom. The van der Waals surface area contributed by atoms with Crippen LogP contribution in [0, 0.1) is 17.2 Å². The highest BCUT2D eigenvalue weighted by atomic mass is 19.4. The number of aromatic nitrogens is 1. The van der Waals surface area contributed by atoms with Crippen molar-refractivity contribution in [2.75, 3.05) is 31.5 Å². The number of nitriles is 1. The molecule has 4 nitrogen and oxygen atoms in total. The van der Waals surface area contributed by atoms with Gasteiger partial charge in [-0.15, -0.1) is 0 Å². The van der Waals surface area contributed by atoms with Crippen LogP contribution in [0.2, 0.25) is 0 Å². The van der Waals surface area contributed by atoms with E-state index in [9.17, 15) is 13.2 Å². The van der Waals surface area contributed by atoms with Gasteiger partial charge < -0.3 is 5.32 Å². The summed E-state index contributed by atoms with van der Waals surface area (Å²) in [5, 5.41) is 11.9. The maximum atomic E-state index is 12.3. The molecule has 7 heteroatoms. The lowest BCUT2D eigenvalue weighted by Gasteiger charge is -2.32. The molecule has 21 heavy (non-hydrogen) atoms. The van der Waals surface area contributed by atoms with Crippen LogP contribution in [0.25, 0.3) is 0 Å². The molecule has 1 aromatic rings. The molecule has 0 atom stereocenters. The third-order valence-electron chi connectivity index (χ3n) is 3.58. The average Bonchev–Trinajstić information content (AvgIpc) is 2.45. The van der Waals surface area contributed by atoms with E-state index in [4.69, 9.17) is 5.26 Å². The van der Waals surface area contributed by atoms with Gasteiger partial charge in [0.05, 0.1) is 18.4 Å². The predicted octanol–water partition coefficient (Wildman–Crippen LogP) is 2.64. The fourth-order valence-electron chi connectivity index (χ4n) is 2.43. The van der Waals surface area contributed by atoms with E-state index >= 15 is 0 Å². The molecular weight excluding hydrogens is 281 g/mol. The first-order valence-corrected chi connectivity index (χ1v) is 6.85. The van der Waals surface area contributed by atoms with Crippen molar-refractivity contribution < 1.29 is 13.2 Å². The number of nitrogens with one attached hydrogen (secondary N) is 1. The Kier molecular flexibility index (Phi) is 5.02. The van der Waals surface area contributed by atoms with Crippen molar-refractivity contribution in [3.05, 3.63) is 24.0 Å². The minimum Gasteiger partial charge on any atom is -0.384 e. The largest absolute Gasteiger partial charge is 0.401 e. The highest BCUT2D eigenvalue weighted by molar-refractivity contribution is 5.42. The van der Waals surface area contributed by atoms with Crippen molar-refractivity contribution in [3.8, 4) is 6.07 Å². The monoisotopic (exact) mass is 298 g/mol. The van der Waals surface area contributed by atoms with Crippen LogP contribution in [0.4, 0.5) is 18.9 Å². The summed E-state index contributed by atoms with van der Waals surface area (Å²) in [5.74, 6) is 0.366. The summed E-state index contributed by atoms with van der Waals surface area (Å²) in [6.07, 6.45) is -1.00. The molecule has 0 aliphatic carbocycles. The fourth-order valence-corrected chi connectivity index (χ4v) is 2.43. The normalized spacial score (nSPS) is 17.4. The number of piperidine rings is 1. The van der Waals surface area contributed by atoms with E-state index in [2.05, 4.69) is 10.3 Å². The fraction of sp³-hybridized carbons (Fsp3) is 0.571. The highest BCUT2D eigenvalue weighted by Crippen LogP contribution is 2.22. The molecule has 1 aliphatic rings. The van der Waals surface area contributed by atoms with E-state index in [0.717, 1.165) is 18.5 Å². The summed E-state index contributed by atoms with van der Waals surface area (Å²) in [4.78, 5) is 5.41. The maximum absolute atomic E-state index is 12.3. The van der Waals surface area contributed by atoms with Gasteiger partial charge in [0.2, 0.25) is 0 Å². The minimum absolute atomic E-state index is 0.362. The number of pyridine rings is 1. The SMILES string of the molecule is N#Cc1ccc(NCC2CCN(CC(F)(F)F)CC2)cn1. The number of anilines is 1. The summed E-state index contributed by atoms with van der Waals surface area (Å²) >= 11 is 0. The number of nitrogens with zero attached hydrogens (tertiary/aromatic N) is 3. The zero-order valence-electron chi connectivity index (χ0n) is 11.5. The average molecular weight is 298 g/mol. The molecule has 2 rings (SSSR count). The van der Waals surface area contributed by atoms with Gasteiger partial charge >= 0.3 is 6.18 Å². The van der Waals surface area contributed by atoms with Crippen molar-refractivity contribution >= 4 is 5.69 Å². The first-order chi connectivity index (χ1) is 9.96. The third-order valence-corrected chi connectivity index (χ3v) is 3.58. The van der Waals surface area contributed by atoms with Crippen molar-refractivity contribution in [2.24, 2.45) is 5.92 Å². The Hall–Kier alpha value is -1.81. The molecule has 1 aromatic heterocycles. The molecule has 1 N–H and O–H groups in total. The summed E-state index contributed by atoms with van der Waals surface area (Å²) < 4.78 is 36.9. The number of hydrogen-bond acceptors (Lipinski definition) is 4.